The van der Waals surface area contributed by atoms with Crippen LogP contribution in [0.5, 0.6) is 0 Å². The van der Waals surface area contributed by atoms with E-state index in [1.165, 1.54) is 23.5 Å². The number of thiazole rings is 1. The van der Waals surface area contributed by atoms with Crippen molar-refractivity contribution < 1.29 is 14.5 Å². The van der Waals surface area contributed by atoms with Gasteiger partial charge < -0.3 is 14.5 Å². The molecule has 27 heavy (non-hydrogen) atoms. The molecule has 0 radical (unpaired) electrons. The molecule has 1 atom stereocenters. The molecule has 146 valence electrons. The third kappa shape index (κ3) is 4.47. The van der Waals surface area contributed by atoms with Crippen LogP contribution < -0.4 is 4.90 Å². The van der Waals surface area contributed by atoms with Crippen molar-refractivity contribution in [2.45, 2.75) is 45.3 Å². The van der Waals surface area contributed by atoms with Crippen LogP contribution in [0.2, 0.25) is 0 Å². The van der Waals surface area contributed by atoms with Crippen LogP contribution in [0.15, 0.2) is 18.2 Å². The molecule has 1 saturated heterocycles. The first-order chi connectivity index (χ1) is 12.6. The monoisotopic (exact) mass is 392 g/mol. The number of anilines is 1. The Kier molecular flexibility index (Phi) is 5.23. The standard InChI is InChI=1S/C18H24N4O4S/c1-18(2,3)26-17(23)20(4)13-6-5-9-21(11-13)16-19-14-10-12(22(24)25)7-8-15(14)27-16/h7-8,10,13H,5-6,9,11H2,1-4H3/t13-/m0/s1. The predicted octanol–water partition coefficient (Wildman–Crippen LogP) is 4.04. The van der Waals surface area contributed by atoms with E-state index in [4.69, 9.17) is 4.74 Å². The minimum atomic E-state index is -0.526. The summed E-state index contributed by atoms with van der Waals surface area (Å²) in [5.41, 5.74) is 0.147. The Morgan fingerprint density at radius 2 is 2.19 bits per heavy atom. The van der Waals surface area contributed by atoms with Crippen LogP contribution in [0, 0.1) is 10.1 Å². The molecule has 3 rings (SSSR count). The third-order valence-electron chi connectivity index (χ3n) is 4.47. The minimum Gasteiger partial charge on any atom is -0.444 e. The summed E-state index contributed by atoms with van der Waals surface area (Å²) in [7, 11) is 1.77. The lowest BCUT2D eigenvalue weighted by molar-refractivity contribution is -0.384. The molecule has 1 aliphatic rings. The first-order valence-corrected chi connectivity index (χ1v) is 9.71. The van der Waals surface area contributed by atoms with Crippen LogP contribution in [-0.2, 0) is 4.74 Å². The van der Waals surface area contributed by atoms with Crippen LogP contribution >= 0.6 is 11.3 Å². The number of piperidine rings is 1. The van der Waals surface area contributed by atoms with Gasteiger partial charge in [0.25, 0.3) is 5.69 Å². The summed E-state index contributed by atoms with van der Waals surface area (Å²) >= 11 is 1.51. The molecule has 0 spiro atoms. The van der Waals surface area contributed by atoms with E-state index in [1.807, 2.05) is 20.8 Å². The van der Waals surface area contributed by atoms with Crippen molar-refractivity contribution in [1.82, 2.24) is 9.88 Å². The van der Waals surface area contributed by atoms with Crippen molar-refractivity contribution in [2.75, 3.05) is 25.0 Å². The van der Waals surface area contributed by atoms with E-state index >= 15 is 0 Å². The van der Waals surface area contributed by atoms with Gasteiger partial charge in [-0.05, 0) is 39.7 Å². The molecule has 0 unspecified atom stereocenters. The molecule has 1 aromatic carbocycles. The van der Waals surface area contributed by atoms with Crippen molar-refractivity contribution in [2.24, 2.45) is 0 Å². The molecule has 9 heteroatoms. The molecule has 1 amide bonds. The van der Waals surface area contributed by atoms with E-state index in [1.54, 1.807) is 18.0 Å². The van der Waals surface area contributed by atoms with Gasteiger partial charge in [-0.3, -0.25) is 10.1 Å². The molecule has 2 heterocycles. The van der Waals surface area contributed by atoms with Crippen molar-refractivity contribution in [3.8, 4) is 0 Å². The molecule has 0 N–H and O–H groups in total. The number of hydrogen-bond acceptors (Lipinski definition) is 7. The van der Waals surface area contributed by atoms with Gasteiger partial charge in [0.1, 0.15) is 5.60 Å². The Morgan fingerprint density at radius 3 is 2.85 bits per heavy atom. The van der Waals surface area contributed by atoms with Gasteiger partial charge in [0.2, 0.25) is 0 Å². The number of hydrogen-bond donors (Lipinski definition) is 0. The fourth-order valence-corrected chi connectivity index (χ4v) is 4.06. The molecule has 1 aromatic heterocycles. The minimum absolute atomic E-state index is 0.0370. The highest BCUT2D eigenvalue weighted by molar-refractivity contribution is 7.22. The number of carbonyl (C=O) groups excluding carboxylic acids is 1. The van der Waals surface area contributed by atoms with Crippen molar-refractivity contribution in [3.05, 3.63) is 28.3 Å². The predicted molar refractivity (Wildman–Crippen MR) is 106 cm³/mol. The molecule has 8 nitrogen and oxygen atoms in total. The Bertz CT molecular complexity index is 861. The first-order valence-electron chi connectivity index (χ1n) is 8.90. The van der Waals surface area contributed by atoms with E-state index in [-0.39, 0.29) is 17.8 Å². The SMILES string of the molecule is CN(C(=O)OC(C)(C)C)[C@H]1CCCN(c2nc3cc([N+](=O)[O-])ccc3s2)C1. The first kappa shape index (κ1) is 19.3. The average molecular weight is 392 g/mol. The lowest BCUT2D eigenvalue weighted by Crippen LogP contribution is -2.49. The molecule has 2 aromatic rings. The van der Waals surface area contributed by atoms with Crippen LogP contribution in [0.4, 0.5) is 15.6 Å². The molecular formula is C18H24N4O4S. The second kappa shape index (κ2) is 7.30. The Labute approximate surface area is 161 Å². The zero-order valence-corrected chi connectivity index (χ0v) is 16.8. The van der Waals surface area contributed by atoms with E-state index in [0.29, 0.717) is 12.1 Å². The van der Waals surface area contributed by atoms with Gasteiger partial charge >= 0.3 is 6.09 Å². The molecule has 0 bridgehead atoms. The number of benzene rings is 1. The summed E-state index contributed by atoms with van der Waals surface area (Å²) in [6, 6.07) is 4.78. The highest BCUT2D eigenvalue weighted by atomic mass is 32.1. The number of fused-ring (bicyclic) bond motifs is 1. The van der Waals surface area contributed by atoms with Crippen LogP contribution in [0.1, 0.15) is 33.6 Å². The fourth-order valence-electron chi connectivity index (χ4n) is 3.08. The second-order valence-electron chi connectivity index (χ2n) is 7.74. The molecule has 0 saturated carbocycles. The molecular weight excluding hydrogens is 368 g/mol. The maximum Gasteiger partial charge on any atom is 0.410 e. The topological polar surface area (TPSA) is 88.8 Å². The maximum absolute atomic E-state index is 12.4. The van der Waals surface area contributed by atoms with E-state index in [9.17, 15) is 14.9 Å². The van der Waals surface area contributed by atoms with Gasteiger partial charge in [-0.1, -0.05) is 11.3 Å². The van der Waals surface area contributed by atoms with Crippen LogP contribution in [-0.4, -0.2) is 52.7 Å². The normalized spacial score (nSPS) is 17.8. The number of non-ortho nitro benzene ring substituents is 1. The number of aromatic nitrogens is 1. The molecule has 0 aliphatic carbocycles. The summed E-state index contributed by atoms with van der Waals surface area (Å²) in [6.07, 6.45) is 1.52. The summed E-state index contributed by atoms with van der Waals surface area (Å²) in [4.78, 5) is 31.3. The number of ether oxygens (including phenoxy) is 1. The number of carbonyl (C=O) groups is 1. The Hall–Kier alpha value is -2.42. The van der Waals surface area contributed by atoms with Crippen LogP contribution in [0.3, 0.4) is 0 Å². The number of nitro groups is 1. The molecule has 1 fully saturated rings. The van der Waals surface area contributed by atoms with Gasteiger partial charge in [0, 0.05) is 32.3 Å². The van der Waals surface area contributed by atoms with Crippen LogP contribution in [0.25, 0.3) is 10.2 Å². The highest BCUT2D eigenvalue weighted by Crippen LogP contribution is 2.33. The van der Waals surface area contributed by atoms with Crippen molar-refractivity contribution in [1.29, 1.82) is 0 Å². The van der Waals surface area contributed by atoms with Crippen molar-refractivity contribution in [3.63, 3.8) is 0 Å². The summed E-state index contributed by atoms with van der Waals surface area (Å²) in [6.45, 7) is 7.07. The smallest absolute Gasteiger partial charge is 0.410 e. The summed E-state index contributed by atoms with van der Waals surface area (Å²) < 4.78 is 6.38. The Balaban J connectivity index is 1.75. The van der Waals surface area contributed by atoms with Gasteiger partial charge in [-0.25, -0.2) is 9.78 Å². The van der Waals surface area contributed by atoms with Gasteiger partial charge in [-0.15, -0.1) is 0 Å². The largest absolute Gasteiger partial charge is 0.444 e. The van der Waals surface area contributed by atoms with Crippen molar-refractivity contribution >= 4 is 38.5 Å². The number of nitro benzene ring substituents is 1. The second-order valence-corrected chi connectivity index (χ2v) is 8.75. The zero-order chi connectivity index (χ0) is 19.8. The lowest BCUT2D eigenvalue weighted by Gasteiger charge is -2.38. The van der Waals surface area contributed by atoms with E-state index in [0.717, 1.165) is 29.2 Å². The van der Waals surface area contributed by atoms with E-state index < -0.39 is 10.5 Å². The highest BCUT2D eigenvalue weighted by Gasteiger charge is 2.30. The van der Waals surface area contributed by atoms with Gasteiger partial charge in [-0.2, -0.15) is 0 Å². The average Bonchev–Trinajstić information content (AvgIpc) is 3.03. The number of rotatable bonds is 3. The summed E-state index contributed by atoms with van der Waals surface area (Å²) in [5, 5.41) is 11.8. The number of nitrogens with zero attached hydrogens (tertiary/aromatic N) is 4. The lowest BCUT2D eigenvalue weighted by atomic mass is 10.1. The van der Waals surface area contributed by atoms with Gasteiger partial charge in [0.15, 0.2) is 5.13 Å². The zero-order valence-electron chi connectivity index (χ0n) is 16.0. The van der Waals surface area contributed by atoms with E-state index in [2.05, 4.69) is 9.88 Å². The summed E-state index contributed by atoms with van der Waals surface area (Å²) in [5.74, 6) is 0. The number of amides is 1. The van der Waals surface area contributed by atoms with Gasteiger partial charge in [0.05, 0.1) is 21.2 Å². The Morgan fingerprint density at radius 1 is 1.44 bits per heavy atom. The maximum atomic E-state index is 12.4. The number of likely N-dealkylation sites (N-methyl/N-ethyl adjacent to an activating group) is 1. The fraction of sp³-hybridized carbons (Fsp3) is 0.556. The third-order valence-corrected chi connectivity index (χ3v) is 5.56. The quantitative estimate of drug-likeness (QED) is 0.578. The molecule has 1 aliphatic heterocycles.